The van der Waals surface area contributed by atoms with E-state index in [2.05, 4.69) is 0 Å². The van der Waals surface area contributed by atoms with Crippen molar-refractivity contribution in [3.05, 3.63) is 33.8 Å². The second-order valence-electron chi connectivity index (χ2n) is 3.34. The summed E-state index contributed by atoms with van der Waals surface area (Å²) in [6.45, 7) is 0.767. The molecule has 0 unspecified atom stereocenters. The number of rotatable bonds is 5. The van der Waals surface area contributed by atoms with Crippen molar-refractivity contribution < 1.29 is 0 Å². The summed E-state index contributed by atoms with van der Waals surface area (Å²) in [6, 6.07) is 5.60. The van der Waals surface area contributed by atoms with Crippen LogP contribution in [-0.4, -0.2) is 6.54 Å². The Bertz CT molecular complexity index is 287. The van der Waals surface area contributed by atoms with Gasteiger partial charge in [0, 0.05) is 10.0 Å². The fourth-order valence-electron chi connectivity index (χ4n) is 1.37. The lowest BCUT2D eigenvalue weighted by atomic mass is 10.1. The summed E-state index contributed by atoms with van der Waals surface area (Å²) < 4.78 is 0. The molecule has 0 aliphatic rings. The van der Waals surface area contributed by atoms with E-state index in [0.717, 1.165) is 47.8 Å². The molecule has 0 bridgehead atoms. The van der Waals surface area contributed by atoms with E-state index in [9.17, 15) is 0 Å². The van der Waals surface area contributed by atoms with Gasteiger partial charge in [0.25, 0.3) is 0 Å². The average molecular weight is 232 g/mol. The van der Waals surface area contributed by atoms with Crippen LogP contribution in [-0.2, 0) is 6.42 Å². The quantitative estimate of drug-likeness (QED) is 0.770. The van der Waals surface area contributed by atoms with Crippen LogP contribution in [0, 0.1) is 0 Å². The van der Waals surface area contributed by atoms with Crippen LogP contribution >= 0.6 is 23.2 Å². The van der Waals surface area contributed by atoms with E-state index in [-0.39, 0.29) is 0 Å². The molecule has 1 aromatic rings. The third-order valence-corrected chi connectivity index (χ3v) is 2.76. The zero-order chi connectivity index (χ0) is 10.4. The van der Waals surface area contributed by atoms with Gasteiger partial charge in [-0.1, -0.05) is 29.6 Å². The Morgan fingerprint density at radius 2 is 1.86 bits per heavy atom. The van der Waals surface area contributed by atoms with E-state index < -0.39 is 0 Å². The number of hydrogen-bond acceptors (Lipinski definition) is 1. The number of aryl methyl sites for hydroxylation is 1. The molecule has 0 fully saturated rings. The predicted octanol–water partition coefficient (Wildman–Crippen LogP) is 3.66. The molecule has 0 saturated carbocycles. The molecule has 0 heterocycles. The summed E-state index contributed by atoms with van der Waals surface area (Å²) in [7, 11) is 0. The van der Waals surface area contributed by atoms with Crippen LogP contribution in [0.15, 0.2) is 18.2 Å². The van der Waals surface area contributed by atoms with E-state index in [1.165, 1.54) is 0 Å². The summed E-state index contributed by atoms with van der Waals surface area (Å²) in [5, 5.41) is 1.56. The minimum absolute atomic E-state index is 0.753. The summed E-state index contributed by atoms with van der Waals surface area (Å²) >= 11 is 11.9. The molecule has 0 amide bonds. The lowest BCUT2D eigenvalue weighted by Crippen LogP contribution is -1.98. The maximum atomic E-state index is 6.03. The maximum absolute atomic E-state index is 6.03. The number of hydrogen-bond donors (Lipinski definition) is 1. The van der Waals surface area contributed by atoms with Crippen LogP contribution in [0.2, 0.25) is 10.0 Å². The van der Waals surface area contributed by atoms with E-state index >= 15 is 0 Å². The normalized spacial score (nSPS) is 10.5. The van der Waals surface area contributed by atoms with Gasteiger partial charge in [-0.15, -0.1) is 0 Å². The van der Waals surface area contributed by atoms with E-state index in [1.54, 1.807) is 0 Å². The molecular formula is C11H15Cl2N. The van der Waals surface area contributed by atoms with Crippen molar-refractivity contribution in [1.29, 1.82) is 0 Å². The Morgan fingerprint density at radius 1 is 1.07 bits per heavy atom. The second-order valence-corrected chi connectivity index (χ2v) is 4.18. The van der Waals surface area contributed by atoms with Crippen LogP contribution in [0.5, 0.6) is 0 Å². The minimum Gasteiger partial charge on any atom is -0.330 e. The van der Waals surface area contributed by atoms with E-state index in [1.807, 2.05) is 18.2 Å². The van der Waals surface area contributed by atoms with Crippen molar-refractivity contribution in [1.82, 2.24) is 0 Å². The zero-order valence-electron chi connectivity index (χ0n) is 8.10. The SMILES string of the molecule is NCCCCCc1cc(Cl)ccc1Cl. The molecule has 2 N–H and O–H groups in total. The van der Waals surface area contributed by atoms with Gasteiger partial charge in [0.05, 0.1) is 0 Å². The fourth-order valence-corrected chi connectivity index (χ4v) is 1.78. The molecule has 14 heavy (non-hydrogen) atoms. The number of unbranched alkanes of at least 4 members (excludes halogenated alkanes) is 2. The zero-order valence-corrected chi connectivity index (χ0v) is 9.61. The lowest BCUT2D eigenvalue weighted by Gasteiger charge is -2.04. The van der Waals surface area contributed by atoms with Crippen LogP contribution in [0.1, 0.15) is 24.8 Å². The van der Waals surface area contributed by atoms with Gasteiger partial charge in [0.1, 0.15) is 0 Å². The Hall–Kier alpha value is -0.240. The molecule has 0 radical (unpaired) electrons. The first kappa shape index (κ1) is 11.8. The van der Waals surface area contributed by atoms with E-state index in [4.69, 9.17) is 28.9 Å². The highest BCUT2D eigenvalue weighted by Crippen LogP contribution is 2.22. The van der Waals surface area contributed by atoms with Gasteiger partial charge in [-0.3, -0.25) is 0 Å². The van der Waals surface area contributed by atoms with Crippen molar-refractivity contribution in [2.24, 2.45) is 5.73 Å². The highest BCUT2D eigenvalue weighted by atomic mass is 35.5. The molecule has 0 aliphatic heterocycles. The Labute approximate surface area is 95.2 Å². The molecule has 0 atom stereocenters. The number of benzene rings is 1. The van der Waals surface area contributed by atoms with Crippen molar-refractivity contribution in [2.45, 2.75) is 25.7 Å². The van der Waals surface area contributed by atoms with Gasteiger partial charge in [-0.05, 0) is 49.6 Å². The molecule has 1 nitrogen and oxygen atoms in total. The van der Waals surface area contributed by atoms with Crippen molar-refractivity contribution >= 4 is 23.2 Å². The van der Waals surface area contributed by atoms with Gasteiger partial charge >= 0.3 is 0 Å². The molecule has 1 aromatic carbocycles. The van der Waals surface area contributed by atoms with Gasteiger partial charge < -0.3 is 5.73 Å². The average Bonchev–Trinajstić information content (AvgIpc) is 2.18. The second kappa shape index (κ2) is 6.28. The molecule has 78 valence electrons. The molecule has 0 aliphatic carbocycles. The largest absolute Gasteiger partial charge is 0.330 e. The number of nitrogens with two attached hydrogens (primary N) is 1. The molecule has 3 heteroatoms. The third-order valence-electron chi connectivity index (χ3n) is 2.16. The highest BCUT2D eigenvalue weighted by Gasteiger charge is 2.00. The van der Waals surface area contributed by atoms with E-state index in [0.29, 0.717) is 0 Å². The van der Waals surface area contributed by atoms with Gasteiger partial charge in [-0.2, -0.15) is 0 Å². The number of halogens is 2. The Morgan fingerprint density at radius 3 is 2.57 bits per heavy atom. The standard InChI is InChI=1S/C11H15Cl2N/c12-10-5-6-11(13)9(8-10)4-2-1-3-7-14/h5-6,8H,1-4,7,14H2. The van der Waals surface area contributed by atoms with Gasteiger partial charge in [-0.25, -0.2) is 0 Å². The highest BCUT2D eigenvalue weighted by molar-refractivity contribution is 6.33. The third kappa shape index (κ3) is 3.87. The van der Waals surface area contributed by atoms with Gasteiger partial charge in [0.2, 0.25) is 0 Å². The van der Waals surface area contributed by atoms with Crippen molar-refractivity contribution in [3.8, 4) is 0 Å². The monoisotopic (exact) mass is 231 g/mol. The molecule has 1 rings (SSSR count). The van der Waals surface area contributed by atoms with Crippen LogP contribution < -0.4 is 5.73 Å². The topological polar surface area (TPSA) is 26.0 Å². The first-order valence-corrected chi connectivity index (χ1v) is 5.63. The lowest BCUT2D eigenvalue weighted by molar-refractivity contribution is 0.686. The summed E-state index contributed by atoms with van der Waals surface area (Å²) in [4.78, 5) is 0. The Kier molecular flexibility index (Phi) is 5.31. The predicted molar refractivity (Wildman–Crippen MR) is 63.1 cm³/mol. The summed E-state index contributed by atoms with van der Waals surface area (Å²) in [6.07, 6.45) is 4.34. The maximum Gasteiger partial charge on any atom is 0.0439 e. The van der Waals surface area contributed by atoms with Crippen LogP contribution in [0.3, 0.4) is 0 Å². The first-order valence-electron chi connectivity index (χ1n) is 4.88. The Balaban J connectivity index is 2.45. The molecule has 0 aromatic heterocycles. The molecule has 0 saturated heterocycles. The minimum atomic E-state index is 0.753. The van der Waals surface area contributed by atoms with Crippen molar-refractivity contribution in [2.75, 3.05) is 6.54 Å². The molecule has 0 spiro atoms. The van der Waals surface area contributed by atoms with Gasteiger partial charge in [0.15, 0.2) is 0 Å². The summed E-state index contributed by atoms with van der Waals surface area (Å²) in [5.41, 5.74) is 6.55. The first-order chi connectivity index (χ1) is 6.74. The fraction of sp³-hybridized carbons (Fsp3) is 0.455. The smallest absolute Gasteiger partial charge is 0.0439 e. The van der Waals surface area contributed by atoms with Crippen LogP contribution in [0.25, 0.3) is 0 Å². The van der Waals surface area contributed by atoms with Crippen LogP contribution in [0.4, 0.5) is 0 Å². The van der Waals surface area contributed by atoms with Crippen molar-refractivity contribution in [3.63, 3.8) is 0 Å². The summed E-state index contributed by atoms with van der Waals surface area (Å²) in [5.74, 6) is 0. The molecular weight excluding hydrogens is 217 g/mol.